The molecule has 1 fully saturated rings. The Hall–Kier alpha value is -1.32. The minimum Gasteiger partial charge on any atom is -0.507 e. The molecule has 0 spiro atoms. The summed E-state index contributed by atoms with van der Waals surface area (Å²) >= 11 is 3.39. The number of hydrogen-bond acceptors (Lipinski definition) is 4. The fraction of sp³-hybridized carbons (Fsp3) is 0.417. The summed E-state index contributed by atoms with van der Waals surface area (Å²) in [4.78, 5) is 14.2. The van der Waals surface area contributed by atoms with E-state index in [0.717, 1.165) is 17.3 Å². The lowest BCUT2D eigenvalue weighted by atomic mass is 10.0. The Bertz CT molecular complexity index is 517. The van der Waals surface area contributed by atoms with E-state index in [9.17, 15) is 9.90 Å². The smallest absolute Gasteiger partial charge is 0.235 e. The molecule has 0 atom stereocenters. The van der Waals surface area contributed by atoms with Crippen LogP contribution in [0.1, 0.15) is 24.0 Å². The number of phenols is 1. The van der Waals surface area contributed by atoms with Crippen molar-refractivity contribution >= 4 is 22.0 Å². The van der Waals surface area contributed by atoms with Crippen molar-refractivity contribution in [1.82, 2.24) is 0 Å². The van der Waals surface area contributed by atoms with Crippen LogP contribution in [0.25, 0.3) is 0 Å². The summed E-state index contributed by atoms with van der Waals surface area (Å²) in [5.41, 5.74) is 0.723. The predicted molar refractivity (Wildman–Crippen MR) is 66.1 cm³/mol. The summed E-state index contributed by atoms with van der Waals surface area (Å²) in [6.07, 6.45) is 3.10. The molecule has 1 N–H and O–H groups in total. The van der Waals surface area contributed by atoms with Crippen LogP contribution in [-0.4, -0.2) is 18.3 Å². The number of benzene rings is 1. The van der Waals surface area contributed by atoms with Gasteiger partial charge in [0.15, 0.2) is 0 Å². The van der Waals surface area contributed by atoms with Gasteiger partial charge >= 0.3 is 0 Å². The maximum absolute atomic E-state index is 10.4. The molecule has 17 heavy (non-hydrogen) atoms. The van der Waals surface area contributed by atoms with E-state index in [1.54, 1.807) is 26.2 Å². The van der Waals surface area contributed by atoms with E-state index in [-0.39, 0.29) is 5.75 Å². The molecule has 4 nitrogen and oxygen atoms in total. The average Bonchev–Trinajstić information content (AvgIpc) is 3.05. The summed E-state index contributed by atoms with van der Waals surface area (Å²) in [7, 11) is 1.54. The maximum atomic E-state index is 10.4. The van der Waals surface area contributed by atoms with Gasteiger partial charge in [0.25, 0.3) is 0 Å². The van der Waals surface area contributed by atoms with E-state index < -0.39 is 5.54 Å². The second-order valence-corrected chi connectivity index (χ2v) is 5.00. The first-order valence-corrected chi connectivity index (χ1v) is 6.00. The Kier molecular flexibility index (Phi) is 2.98. The Morgan fingerprint density at radius 2 is 2.24 bits per heavy atom. The quantitative estimate of drug-likeness (QED) is 0.689. The Morgan fingerprint density at radius 1 is 1.59 bits per heavy atom. The molecule has 1 saturated carbocycles. The van der Waals surface area contributed by atoms with Crippen molar-refractivity contribution in [2.75, 3.05) is 7.11 Å². The molecule has 0 aliphatic heterocycles. The van der Waals surface area contributed by atoms with Gasteiger partial charge in [0, 0.05) is 11.1 Å². The first kappa shape index (κ1) is 12.1. The second kappa shape index (κ2) is 4.17. The van der Waals surface area contributed by atoms with Gasteiger partial charge in [-0.3, -0.25) is 0 Å². The number of aliphatic imine (C=N–C) groups is 1. The van der Waals surface area contributed by atoms with Crippen molar-refractivity contribution in [2.24, 2.45) is 4.99 Å². The highest BCUT2D eigenvalue weighted by Crippen LogP contribution is 2.54. The van der Waals surface area contributed by atoms with Crippen LogP contribution < -0.4 is 4.74 Å². The molecule has 1 aliphatic carbocycles. The molecule has 0 aromatic heterocycles. The van der Waals surface area contributed by atoms with E-state index in [2.05, 4.69) is 20.9 Å². The maximum Gasteiger partial charge on any atom is 0.235 e. The van der Waals surface area contributed by atoms with Gasteiger partial charge in [0.2, 0.25) is 6.08 Å². The third kappa shape index (κ3) is 1.85. The molecule has 1 aromatic carbocycles. The topological polar surface area (TPSA) is 58.9 Å². The van der Waals surface area contributed by atoms with Crippen molar-refractivity contribution in [3.05, 3.63) is 21.7 Å². The van der Waals surface area contributed by atoms with Gasteiger partial charge in [-0.25, -0.2) is 4.79 Å². The lowest BCUT2D eigenvalue weighted by molar-refractivity contribution is 0.397. The number of methoxy groups -OCH3 is 1. The zero-order valence-corrected chi connectivity index (χ0v) is 11.2. The third-order valence-electron chi connectivity index (χ3n) is 3.13. The van der Waals surface area contributed by atoms with Gasteiger partial charge < -0.3 is 9.84 Å². The second-order valence-electron chi connectivity index (χ2n) is 4.15. The van der Waals surface area contributed by atoms with Crippen molar-refractivity contribution in [2.45, 2.75) is 25.3 Å². The van der Waals surface area contributed by atoms with Crippen LogP contribution in [-0.2, 0) is 10.3 Å². The minimum atomic E-state index is -0.578. The number of phenolic OH excluding ortho intramolecular Hbond substituents is 1. The molecule has 2 rings (SSSR count). The van der Waals surface area contributed by atoms with Crippen LogP contribution in [0, 0.1) is 6.92 Å². The molecular formula is C12H12BrNO3. The SMILES string of the molecule is COc1c(Br)cc(C2(N=C=O)CC2)c(O)c1C. The zero-order chi connectivity index (χ0) is 12.6. The Morgan fingerprint density at radius 3 is 2.71 bits per heavy atom. The van der Waals surface area contributed by atoms with Gasteiger partial charge in [0.05, 0.1) is 11.6 Å². The first-order chi connectivity index (χ1) is 8.05. The third-order valence-corrected chi connectivity index (χ3v) is 3.72. The van der Waals surface area contributed by atoms with E-state index in [1.165, 1.54) is 0 Å². The van der Waals surface area contributed by atoms with Gasteiger partial charge in [0.1, 0.15) is 17.0 Å². The Labute approximate surface area is 107 Å². The molecule has 1 aromatic rings. The lowest BCUT2D eigenvalue weighted by Gasteiger charge is -2.16. The summed E-state index contributed by atoms with van der Waals surface area (Å²) in [6, 6.07) is 1.76. The standard InChI is InChI=1S/C12H12BrNO3/c1-7-10(16)8(5-9(13)11(7)17-2)12(3-4-12)14-6-15/h5,16H,3-4H2,1-2H3. The van der Waals surface area contributed by atoms with Crippen LogP contribution in [0.3, 0.4) is 0 Å². The van der Waals surface area contributed by atoms with Gasteiger partial charge in [-0.2, -0.15) is 4.99 Å². The molecule has 1 aliphatic rings. The number of rotatable bonds is 3. The van der Waals surface area contributed by atoms with Crippen LogP contribution in [0.5, 0.6) is 11.5 Å². The number of aromatic hydroxyl groups is 1. The van der Waals surface area contributed by atoms with Crippen molar-refractivity contribution in [3.63, 3.8) is 0 Å². The fourth-order valence-corrected chi connectivity index (χ4v) is 2.69. The number of hydrogen-bond donors (Lipinski definition) is 1. The highest BCUT2D eigenvalue weighted by molar-refractivity contribution is 9.10. The molecule has 0 unspecified atom stereocenters. The predicted octanol–water partition coefficient (Wildman–Crippen LogP) is 2.80. The fourth-order valence-electron chi connectivity index (χ4n) is 2.00. The number of carbonyl (C=O) groups excluding carboxylic acids is 1. The van der Waals surface area contributed by atoms with Crippen LogP contribution in [0.4, 0.5) is 0 Å². The normalized spacial score (nSPS) is 16.2. The van der Waals surface area contributed by atoms with E-state index in [0.29, 0.717) is 16.9 Å². The lowest BCUT2D eigenvalue weighted by Crippen LogP contribution is -2.05. The minimum absolute atomic E-state index is 0.140. The van der Waals surface area contributed by atoms with Gasteiger partial charge in [-0.05, 0) is 41.8 Å². The molecule has 90 valence electrons. The molecule has 0 heterocycles. The Balaban J connectivity index is 2.61. The zero-order valence-electron chi connectivity index (χ0n) is 9.58. The van der Waals surface area contributed by atoms with Gasteiger partial charge in [-0.15, -0.1) is 0 Å². The summed E-state index contributed by atoms with van der Waals surface area (Å²) in [6.45, 7) is 1.77. The molecule has 0 amide bonds. The highest BCUT2D eigenvalue weighted by Gasteiger charge is 2.47. The monoisotopic (exact) mass is 297 g/mol. The summed E-state index contributed by atoms with van der Waals surface area (Å²) < 4.78 is 5.94. The highest BCUT2D eigenvalue weighted by atomic mass is 79.9. The number of halogens is 1. The number of nitrogens with zero attached hydrogens (tertiary/aromatic N) is 1. The molecule has 0 bridgehead atoms. The van der Waals surface area contributed by atoms with Crippen molar-refractivity contribution < 1.29 is 14.6 Å². The van der Waals surface area contributed by atoms with Crippen LogP contribution >= 0.6 is 15.9 Å². The van der Waals surface area contributed by atoms with E-state index >= 15 is 0 Å². The summed E-state index contributed by atoms with van der Waals surface area (Å²) in [5, 5.41) is 10.1. The van der Waals surface area contributed by atoms with Gasteiger partial charge in [-0.1, -0.05) is 0 Å². The van der Waals surface area contributed by atoms with E-state index in [4.69, 9.17) is 4.74 Å². The van der Waals surface area contributed by atoms with Crippen molar-refractivity contribution in [3.8, 4) is 11.5 Å². The van der Waals surface area contributed by atoms with E-state index in [1.807, 2.05) is 0 Å². The average molecular weight is 298 g/mol. The molecule has 0 radical (unpaired) electrons. The summed E-state index contributed by atoms with van der Waals surface area (Å²) in [5.74, 6) is 0.735. The van der Waals surface area contributed by atoms with Crippen LogP contribution in [0.15, 0.2) is 15.5 Å². The molecule has 0 saturated heterocycles. The number of ether oxygens (including phenoxy) is 1. The number of isocyanates is 1. The first-order valence-electron chi connectivity index (χ1n) is 5.21. The largest absolute Gasteiger partial charge is 0.507 e. The molecular weight excluding hydrogens is 286 g/mol. The van der Waals surface area contributed by atoms with Crippen LogP contribution in [0.2, 0.25) is 0 Å². The van der Waals surface area contributed by atoms with Crippen molar-refractivity contribution in [1.29, 1.82) is 0 Å². The molecule has 5 heteroatoms.